The lowest BCUT2D eigenvalue weighted by molar-refractivity contribution is 0.0697. The molecule has 6 heteroatoms. The van der Waals surface area contributed by atoms with Crippen LogP contribution in [0.5, 0.6) is 0 Å². The van der Waals surface area contributed by atoms with E-state index in [2.05, 4.69) is 10.3 Å². The minimum atomic E-state index is -0.914. The van der Waals surface area contributed by atoms with Crippen LogP contribution in [0.3, 0.4) is 0 Å². The van der Waals surface area contributed by atoms with Crippen LogP contribution in [0.2, 0.25) is 0 Å². The van der Waals surface area contributed by atoms with Gasteiger partial charge < -0.3 is 5.11 Å². The molecule has 1 saturated heterocycles. The van der Waals surface area contributed by atoms with E-state index in [9.17, 15) is 4.79 Å². The van der Waals surface area contributed by atoms with Crippen molar-refractivity contribution < 1.29 is 9.90 Å². The molecule has 0 radical (unpaired) electrons. The van der Waals surface area contributed by atoms with Crippen LogP contribution in [0, 0.1) is 0 Å². The average molecular weight is 263 g/mol. The normalized spacial score (nSPS) is 20.1. The first kappa shape index (κ1) is 11.5. The molecule has 2 aromatic rings. The topological polar surface area (TPSA) is 68.0 Å². The fourth-order valence-electron chi connectivity index (χ4n) is 2.26. The van der Waals surface area contributed by atoms with Gasteiger partial charge in [0.15, 0.2) is 0 Å². The molecule has 1 aromatic heterocycles. The van der Waals surface area contributed by atoms with Gasteiger partial charge in [-0.25, -0.2) is 9.48 Å². The predicted molar refractivity (Wildman–Crippen MR) is 70.1 cm³/mol. The summed E-state index contributed by atoms with van der Waals surface area (Å²) in [5.41, 5.74) is 1.87. The fraction of sp³-hybridized carbons (Fsp3) is 0.417. The third-order valence-corrected chi connectivity index (χ3v) is 4.40. The first-order valence-corrected chi connectivity index (χ1v) is 7.07. The summed E-state index contributed by atoms with van der Waals surface area (Å²) in [7, 11) is 0. The largest absolute Gasteiger partial charge is 0.478 e. The standard InChI is InChI=1S/C12H13N3O2S/c16-12(17)8-3-4-10-11(6-8)15(14-13-10)9-2-1-5-18-7-9/h3-4,6,9H,1-2,5,7H2,(H,16,17). The highest BCUT2D eigenvalue weighted by Crippen LogP contribution is 2.28. The van der Waals surface area contributed by atoms with Crippen LogP contribution in [0.1, 0.15) is 29.2 Å². The predicted octanol–water partition coefficient (Wildman–Crippen LogP) is 2.20. The van der Waals surface area contributed by atoms with Gasteiger partial charge in [-0.15, -0.1) is 5.10 Å². The summed E-state index contributed by atoms with van der Waals surface area (Å²) in [5, 5.41) is 17.3. The van der Waals surface area contributed by atoms with Crippen molar-refractivity contribution in [2.75, 3.05) is 11.5 Å². The van der Waals surface area contributed by atoms with Gasteiger partial charge in [-0.2, -0.15) is 11.8 Å². The van der Waals surface area contributed by atoms with Crippen molar-refractivity contribution in [3.05, 3.63) is 23.8 Å². The Kier molecular flexibility index (Phi) is 2.95. The van der Waals surface area contributed by atoms with Crippen LogP contribution in [0.15, 0.2) is 18.2 Å². The number of nitrogens with zero attached hydrogens (tertiary/aromatic N) is 3. The van der Waals surface area contributed by atoms with E-state index in [0.29, 0.717) is 6.04 Å². The van der Waals surface area contributed by atoms with Gasteiger partial charge in [0.1, 0.15) is 5.52 Å². The third kappa shape index (κ3) is 1.96. The minimum absolute atomic E-state index is 0.287. The maximum Gasteiger partial charge on any atom is 0.335 e. The molecule has 3 rings (SSSR count). The molecule has 1 atom stereocenters. The third-order valence-electron chi connectivity index (χ3n) is 3.20. The summed E-state index contributed by atoms with van der Waals surface area (Å²) < 4.78 is 1.88. The van der Waals surface area contributed by atoms with Gasteiger partial charge in [0, 0.05) is 5.75 Å². The number of carboxylic acid groups (broad SMARTS) is 1. The Bertz CT molecular complexity index is 590. The highest BCUT2D eigenvalue weighted by atomic mass is 32.2. The van der Waals surface area contributed by atoms with E-state index in [1.54, 1.807) is 18.2 Å². The van der Waals surface area contributed by atoms with Crippen molar-refractivity contribution >= 4 is 28.8 Å². The molecule has 2 heterocycles. The molecule has 0 spiro atoms. The second-order valence-electron chi connectivity index (χ2n) is 4.41. The molecule has 94 valence electrons. The van der Waals surface area contributed by atoms with Gasteiger partial charge in [0.25, 0.3) is 0 Å². The summed E-state index contributed by atoms with van der Waals surface area (Å²) in [6.45, 7) is 0. The van der Waals surface area contributed by atoms with Crippen molar-refractivity contribution in [3.8, 4) is 0 Å². The minimum Gasteiger partial charge on any atom is -0.478 e. The molecular weight excluding hydrogens is 250 g/mol. The van der Waals surface area contributed by atoms with E-state index in [1.807, 2.05) is 16.4 Å². The van der Waals surface area contributed by atoms with Gasteiger partial charge >= 0.3 is 5.97 Å². The van der Waals surface area contributed by atoms with Gasteiger partial charge in [0.05, 0.1) is 17.1 Å². The number of rotatable bonds is 2. The fourth-order valence-corrected chi connectivity index (χ4v) is 3.37. The monoisotopic (exact) mass is 263 g/mol. The van der Waals surface area contributed by atoms with E-state index >= 15 is 0 Å². The lowest BCUT2D eigenvalue weighted by Gasteiger charge is -2.21. The highest BCUT2D eigenvalue weighted by Gasteiger charge is 2.19. The highest BCUT2D eigenvalue weighted by molar-refractivity contribution is 7.99. The van der Waals surface area contributed by atoms with Crippen LogP contribution in [-0.4, -0.2) is 37.6 Å². The lowest BCUT2D eigenvalue weighted by atomic mass is 10.1. The quantitative estimate of drug-likeness (QED) is 0.899. The zero-order valence-electron chi connectivity index (χ0n) is 9.74. The number of hydrogen-bond donors (Lipinski definition) is 1. The van der Waals surface area contributed by atoms with Crippen LogP contribution >= 0.6 is 11.8 Å². The molecule has 0 aliphatic carbocycles. The number of carboxylic acids is 1. The molecule has 1 N–H and O–H groups in total. The molecular formula is C12H13N3O2S. The van der Waals surface area contributed by atoms with Gasteiger partial charge in [-0.05, 0) is 36.8 Å². The Balaban J connectivity index is 2.05. The SMILES string of the molecule is O=C(O)c1ccc2nnn(C3CCCSC3)c2c1. The van der Waals surface area contributed by atoms with Crippen LogP contribution in [-0.2, 0) is 0 Å². The van der Waals surface area contributed by atoms with Crippen molar-refractivity contribution in [3.63, 3.8) is 0 Å². The molecule has 0 amide bonds. The van der Waals surface area contributed by atoms with Gasteiger partial charge in [-0.3, -0.25) is 0 Å². The number of aromatic carboxylic acids is 1. The van der Waals surface area contributed by atoms with Gasteiger partial charge in [-0.1, -0.05) is 5.21 Å². The zero-order valence-corrected chi connectivity index (χ0v) is 10.6. The number of benzene rings is 1. The van der Waals surface area contributed by atoms with Crippen molar-refractivity contribution in [1.29, 1.82) is 0 Å². The molecule has 1 unspecified atom stereocenters. The Hall–Kier alpha value is -1.56. The van der Waals surface area contributed by atoms with E-state index in [-0.39, 0.29) is 5.56 Å². The molecule has 0 bridgehead atoms. The molecule has 1 aliphatic heterocycles. The summed E-state index contributed by atoms with van der Waals surface area (Å²) in [4.78, 5) is 11.0. The van der Waals surface area contributed by atoms with Crippen LogP contribution < -0.4 is 0 Å². The van der Waals surface area contributed by atoms with E-state index in [0.717, 1.165) is 23.2 Å². The summed E-state index contributed by atoms with van der Waals surface area (Å²) in [5.74, 6) is 1.31. The second-order valence-corrected chi connectivity index (χ2v) is 5.56. The average Bonchev–Trinajstić information content (AvgIpc) is 2.82. The van der Waals surface area contributed by atoms with Crippen molar-refractivity contribution in [2.24, 2.45) is 0 Å². The Labute approximate surface area is 108 Å². The van der Waals surface area contributed by atoms with E-state index in [1.165, 1.54) is 12.2 Å². The van der Waals surface area contributed by atoms with Crippen LogP contribution in [0.25, 0.3) is 11.0 Å². The Morgan fingerprint density at radius 3 is 3.11 bits per heavy atom. The molecule has 1 fully saturated rings. The molecule has 5 nitrogen and oxygen atoms in total. The summed E-state index contributed by atoms with van der Waals surface area (Å²) in [6.07, 6.45) is 2.26. The second kappa shape index (κ2) is 4.61. The van der Waals surface area contributed by atoms with E-state index in [4.69, 9.17) is 5.11 Å². The molecule has 1 aliphatic rings. The number of hydrogen-bond acceptors (Lipinski definition) is 4. The maximum atomic E-state index is 11.0. The number of thioether (sulfide) groups is 1. The van der Waals surface area contributed by atoms with Crippen molar-refractivity contribution in [2.45, 2.75) is 18.9 Å². The molecule has 18 heavy (non-hydrogen) atoms. The molecule has 1 aromatic carbocycles. The number of aromatic nitrogens is 3. The number of carbonyl (C=O) groups is 1. The van der Waals surface area contributed by atoms with Gasteiger partial charge in [0.2, 0.25) is 0 Å². The zero-order chi connectivity index (χ0) is 12.5. The molecule has 0 saturated carbocycles. The smallest absolute Gasteiger partial charge is 0.335 e. The first-order valence-electron chi connectivity index (χ1n) is 5.92. The first-order chi connectivity index (χ1) is 8.75. The van der Waals surface area contributed by atoms with E-state index < -0.39 is 5.97 Å². The summed E-state index contributed by atoms with van der Waals surface area (Å²) >= 11 is 1.92. The Morgan fingerprint density at radius 2 is 2.39 bits per heavy atom. The lowest BCUT2D eigenvalue weighted by Crippen LogP contribution is -2.17. The Morgan fingerprint density at radius 1 is 1.50 bits per heavy atom. The maximum absolute atomic E-state index is 11.0. The van der Waals surface area contributed by atoms with Crippen LogP contribution in [0.4, 0.5) is 0 Å². The number of fused-ring (bicyclic) bond motifs is 1. The summed E-state index contributed by atoms with van der Waals surface area (Å²) in [6, 6.07) is 5.28. The van der Waals surface area contributed by atoms with Crippen molar-refractivity contribution in [1.82, 2.24) is 15.0 Å².